The van der Waals surface area contributed by atoms with Crippen LogP contribution < -0.4 is 10.6 Å². The van der Waals surface area contributed by atoms with Gasteiger partial charge in [0.15, 0.2) is 0 Å². The number of rotatable bonds is 11. The van der Waals surface area contributed by atoms with E-state index in [2.05, 4.69) is 0 Å². The number of hydrogen-bond acceptors (Lipinski definition) is 5. The standard InChI is InChI=1S/C23H34O5P2/c1-6-27-29(25,20-13-9-7-10-14-20)22(17-18(2)3)28-30(26,23(24)19(4)5)21-15-11-8-12-16-21/h7-16,18-19,22-24H,6,17H2,1-5H3/t22-,23-,29?,30?/m1/s1. The van der Waals surface area contributed by atoms with E-state index >= 15 is 0 Å². The fraction of sp³-hybridized carbons (Fsp3) is 0.478. The average Bonchev–Trinajstić information content (AvgIpc) is 2.73. The molecule has 30 heavy (non-hydrogen) atoms. The first-order chi connectivity index (χ1) is 14.1. The lowest BCUT2D eigenvalue weighted by Crippen LogP contribution is -2.30. The van der Waals surface area contributed by atoms with Crippen molar-refractivity contribution in [3.63, 3.8) is 0 Å². The Hall–Kier alpha value is -1.22. The van der Waals surface area contributed by atoms with E-state index in [1.165, 1.54) is 0 Å². The number of benzene rings is 2. The monoisotopic (exact) mass is 452 g/mol. The summed E-state index contributed by atoms with van der Waals surface area (Å²) in [6, 6.07) is 17.6. The maximum atomic E-state index is 14.2. The summed E-state index contributed by atoms with van der Waals surface area (Å²) >= 11 is 0. The molecular formula is C23H34O5P2. The van der Waals surface area contributed by atoms with Crippen molar-refractivity contribution in [3.8, 4) is 0 Å². The molecule has 0 heterocycles. The number of aliphatic hydroxyl groups is 1. The summed E-state index contributed by atoms with van der Waals surface area (Å²) < 4.78 is 40.5. The molecule has 0 aromatic heterocycles. The van der Waals surface area contributed by atoms with Crippen LogP contribution in [0.15, 0.2) is 60.7 Å². The van der Waals surface area contributed by atoms with Gasteiger partial charge in [0.1, 0.15) is 11.7 Å². The summed E-state index contributed by atoms with van der Waals surface area (Å²) in [5.41, 5.74) is 0. The van der Waals surface area contributed by atoms with Gasteiger partial charge in [0, 0.05) is 10.6 Å². The van der Waals surface area contributed by atoms with Crippen molar-refractivity contribution in [3.05, 3.63) is 60.7 Å². The van der Waals surface area contributed by atoms with Crippen LogP contribution in [0.3, 0.4) is 0 Å². The highest BCUT2D eigenvalue weighted by Gasteiger charge is 2.46. The van der Waals surface area contributed by atoms with Crippen LogP contribution in [-0.4, -0.2) is 23.4 Å². The second-order valence-corrected chi connectivity index (χ2v) is 13.1. The third-order valence-corrected chi connectivity index (χ3v) is 10.6. The Balaban J connectivity index is 2.61. The molecule has 7 heteroatoms. The van der Waals surface area contributed by atoms with Crippen molar-refractivity contribution in [2.75, 3.05) is 6.61 Å². The van der Waals surface area contributed by atoms with E-state index < -0.39 is 26.4 Å². The Kier molecular flexibility index (Phi) is 9.09. The molecule has 0 aliphatic heterocycles. The minimum absolute atomic E-state index is 0.118. The lowest BCUT2D eigenvalue weighted by molar-refractivity contribution is 0.153. The summed E-state index contributed by atoms with van der Waals surface area (Å²) in [5, 5.41) is 11.9. The van der Waals surface area contributed by atoms with Crippen molar-refractivity contribution in [2.24, 2.45) is 11.8 Å². The van der Waals surface area contributed by atoms with Gasteiger partial charge in [-0.1, -0.05) is 64.1 Å². The van der Waals surface area contributed by atoms with Gasteiger partial charge < -0.3 is 14.2 Å². The van der Waals surface area contributed by atoms with Crippen molar-refractivity contribution in [1.82, 2.24) is 0 Å². The lowest BCUT2D eigenvalue weighted by atomic mass is 10.1. The number of aliphatic hydroxyl groups excluding tert-OH is 1. The highest BCUT2D eigenvalue weighted by atomic mass is 31.2. The van der Waals surface area contributed by atoms with Crippen molar-refractivity contribution >= 4 is 25.3 Å². The van der Waals surface area contributed by atoms with Gasteiger partial charge in [0.25, 0.3) is 14.7 Å². The Morgan fingerprint density at radius 1 is 0.833 bits per heavy atom. The second kappa shape index (κ2) is 10.9. The fourth-order valence-corrected chi connectivity index (χ4v) is 8.89. The molecule has 0 saturated carbocycles. The van der Waals surface area contributed by atoms with Crippen LogP contribution in [0.1, 0.15) is 41.0 Å². The van der Waals surface area contributed by atoms with E-state index in [0.717, 1.165) is 0 Å². The summed E-state index contributed by atoms with van der Waals surface area (Å²) in [6.07, 6.45) is 0.383. The molecule has 2 unspecified atom stereocenters. The van der Waals surface area contributed by atoms with Gasteiger partial charge in [-0.2, -0.15) is 0 Å². The van der Waals surface area contributed by atoms with E-state index in [9.17, 15) is 14.2 Å². The Morgan fingerprint density at radius 2 is 1.30 bits per heavy atom. The lowest BCUT2D eigenvalue weighted by Gasteiger charge is -2.34. The normalized spacial score (nSPS) is 18.0. The average molecular weight is 452 g/mol. The zero-order chi connectivity index (χ0) is 22.4. The zero-order valence-electron chi connectivity index (χ0n) is 18.5. The fourth-order valence-electron chi connectivity index (χ4n) is 3.28. The third kappa shape index (κ3) is 5.72. The third-order valence-electron chi connectivity index (χ3n) is 4.83. The number of hydrogen-bond donors (Lipinski definition) is 1. The van der Waals surface area contributed by atoms with Gasteiger partial charge in [-0.05, 0) is 49.4 Å². The van der Waals surface area contributed by atoms with Gasteiger partial charge in [0.2, 0.25) is 0 Å². The first-order valence-corrected chi connectivity index (χ1v) is 13.9. The molecule has 0 saturated heterocycles. The molecule has 2 aromatic carbocycles. The molecule has 1 N–H and O–H groups in total. The smallest absolute Gasteiger partial charge is 0.260 e. The summed E-state index contributed by atoms with van der Waals surface area (Å²) in [5.74, 6) is -2.36. The van der Waals surface area contributed by atoms with E-state index in [1.807, 2.05) is 26.0 Å². The van der Waals surface area contributed by atoms with E-state index in [1.54, 1.807) is 69.3 Å². The largest absolute Gasteiger partial charge is 0.382 e. The molecule has 0 aliphatic carbocycles. The molecular weight excluding hydrogens is 418 g/mol. The van der Waals surface area contributed by atoms with Crippen LogP contribution in [0.2, 0.25) is 0 Å². The SMILES string of the molecule is CCOP(=O)(c1ccccc1)[C@H](CC(C)C)OP(=O)(c1ccccc1)[C@@H](O)C(C)C. The van der Waals surface area contributed by atoms with E-state index in [0.29, 0.717) is 17.0 Å². The Morgan fingerprint density at radius 3 is 1.70 bits per heavy atom. The molecule has 5 nitrogen and oxygen atoms in total. The minimum atomic E-state index is -3.77. The first-order valence-electron chi connectivity index (χ1n) is 10.5. The predicted molar refractivity (Wildman–Crippen MR) is 124 cm³/mol. The Labute approximate surface area is 180 Å². The zero-order valence-corrected chi connectivity index (χ0v) is 20.3. The topological polar surface area (TPSA) is 72.8 Å². The summed E-state index contributed by atoms with van der Waals surface area (Å²) in [4.78, 5) is 0. The van der Waals surface area contributed by atoms with Gasteiger partial charge in [-0.15, -0.1) is 0 Å². The van der Waals surface area contributed by atoms with Gasteiger partial charge in [-0.3, -0.25) is 9.13 Å². The molecule has 0 amide bonds. The quantitative estimate of drug-likeness (QED) is 0.450. The predicted octanol–water partition coefficient (Wildman–Crippen LogP) is 5.59. The molecule has 0 fully saturated rings. The van der Waals surface area contributed by atoms with Crippen LogP contribution in [-0.2, 0) is 18.2 Å². The molecule has 166 valence electrons. The molecule has 2 aromatic rings. The van der Waals surface area contributed by atoms with Gasteiger partial charge in [0.05, 0.1) is 6.61 Å². The Bertz CT molecular complexity index is 868. The van der Waals surface area contributed by atoms with Crippen LogP contribution in [0.25, 0.3) is 0 Å². The van der Waals surface area contributed by atoms with Crippen LogP contribution in [0.4, 0.5) is 0 Å². The molecule has 2 rings (SSSR count). The van der Waals surface area contributed by atoms with E-state index in [4.69, 9.17) is 9.05 Å². The molecule has 0 aliphatic rings. The van der Waals surface area contributed by atoms with Crippen molar-refractivity contribution in [1.29, 1.82) is 0 Å². The maximum absolute atomic E-state index is 14.2. The van der Waals surface area contributed by atoms with Crippen molar-refractivity contribution < 1.29 is 23.3 Å². The first kappa shape index (κ1) is 25.0. The van der Waals surface area contributed by atoms with Gasteiger partial charge in [-0.25, -0.2) is 0 Å². The molecule has 0 spiro atoms. The highest BCUT2D eigenvalue weighted by Crippen LogP contribution is 2.62. The summed E-state index contributed by atoms with van der Waals surface area (Å²) in [7, 11) is -7.30. The van der Waals surface area contributed by atoms with E-state index in [-0.39, 0.29) is 18.4 Å². The van der Waals surface area contributed by atoms with Gasteiger partial charge >= 0.3 is 0 Å². The maximum Gasteiger partial charge on any atom is 0.260 e. The minimum Gasteiger partial charge on any atom is -0.382 e. The van der Waals surface area contributed by atoms with Crippen LogP contribution in [0.5, 0.6) is 0 Å². The molecule has 4 atom stereocenters. The van der Waals surface area contributed by atoms with Crippen molar-refractivity contribution in [2.45, 2.75) is 52.7 Å². The highest BCUT2D eigenvalue weighted by molar-refractivity contribution is 7.70. The van der Waals surface area contributed by atoms with Crippen LogP contribution >= 0.6 is 14.7 Å². The summed E-state index contributed by atoms with van der Waals surface area (Å²) in [6.45, 7) is 9.57. The molecule has 0 radical (unpaired) electrons. The second-order valence-electron chi connectivity index (χ2n) is 8.13. The molecule has 0 bridgehead atoms. The van der Waals surface area contributed by atoms with Crippen LogP contribution in [0, 0.1) is 11.8 Å².